The summed E-state index contributed by atoms with van der Waals surface area (Å²) in [5.74, 6) is -0.125. The molecule has 1 fully saturated rings. The maximum atomic E-state index is 12.7. The molecule has 0 unspecified atom stereocenters. The third-order valence-electron chi connectivity index (χ3n) is 2.84. The Kier molecular flexibility index (Phi) is 3.97. The van der Waals surface area contributed by atoms with Crippen molar-refractivity contribution in [2.75, 3.05) is 11.9 Å². The molecule has 104 valence electrons. The second-order valence-electron chi connectivity index (χ2n) is 4.56. The van der Waals surface area contributed by atoms with Crippen LogP contribution in [0, 0.1) is 0 Å². The van der Waals surface area contributed by atoms with Crippen molar-refractivity contribution in [3.63, 3.8) is 0 Å². The number of anilines is 1. The molecule has 0 bridgehead atoms. The zero-order valence-electron chi connectivity index (χ0n) is 10.3. The number of hydrogen-bond donors (Lipinski definition) is 2. The van der Waals surface area contributed by atoms with Crippen LogP contribution in [0.5, 0.6) is 0 Å². The molecule has 1 aromatic rings. The van der Waals surface area contributed by atoms with E-state index in [1.54, 1.807) is 0 Å². The summed E-state index contributed by atoms with van der Waals surface area (Å²) >= 11 is 0. The van der Waals surface area contributed by atoms with Gasteiger partial charge >= 0.3 is 6.18 Å². The van der Waals surface area contributed by atoms with Gasteiger partial charge in [-0.2, -0.15) is 13.2 Å². The lowest BCUT2D eigenvalue weighted by molar-refractivity contribution is -0.137. The van der Waals surface area contributed by atoms with Gasteiger partial charge in [0.25, 0.3) is 0 Å². The number of para-hydroxylation sites is 1. The van der Waals surface area contributed by atoms with Crippen LogP contribution in [0.25, 0.3) is 0 Å². The van der Waals surface area contributed by atoms with Gasteiger partial charge in [0.1, 0.15) is 0 Å². The molecule has 0 aliphatic heterocycles. The fourth-order valence-corrected chi connectivity index (χ4v) is 1.72. The summed E-state index contributed by atoms with van der Waals surface area (Å²) in [6.45, 7) is 0.186. The van der Waals surface area contributed by atoms with E-state index in [-0.39, 0.29) is 30.6 Å². The van der Waals surface area contributed by atoms with Gasteiger partial charge in [-0.3, -0.25) is 4.79 Å². The largest absolute Gasteiger partial charge is 0.418 e. The van der Waals surface area contributed by atoms with Gasteiger partial charge in [0.15, 0.2) is 0 Å². The molecule has 1 aromatic carbocycles. The highest BCUT2D eigenvalue weighted by Crippen LogP contribution is 2.34. The molecule has 0 saturated heterocycles. The van der Waals surface area contributed by atoms with E-state index in [1.807, 2.05) is 0 Å². The molecule has 1 amide bonds. The highest BCUT2D eigenvalue weighted by Gasteiger charge is 2.33. The molecule has 1 aliphatic rings. The van der Waals surface area contributed by atoms with E-state index in [4.69, 9.17) is 0 Å². The molecule has 0 atom stereocenters. The van der Waals surface area contributed by atoms with Crippen LogP contribution in [0.15, 0.2) is 24.3 Å². The van der Waals surface area contributed by atoms with E-state index in [0.717, 1.165) is 18.9 Å². The van der Waals surface area contributed by atoms with Crippen molar-refractivity contribution in [3.8, 4) is 0 Å². The van der Waals surface area contributed by atoms with Gasteiger partial charge < -0.3 is 10.6 Å². The van der Waals surface area contributed by atoms with E-state index in [9.17, 15) is 18.0 Å². The molecule has 0 radical (unpaired) electrons. The SMILES string of the molecule is O=C(CCNc1ccccc1C(F)(F)F)NC1CC1. The first-order valence-electron chi connectivity index (χ1n) is 6.16. The van der Waals surface area contributed by atoms with E-state index >= 15 is 0 Å². The Labute approximate surface area is 109 Å². The lowest BCUT2D eigenvalue weighted by atomic mass is 10.1. The molecule has 0 aromatic heterocycles. The van der Waals surface area contributed by atoms with Crippen LogP contribution in [0.1, 0.15) is 24.8 Å². The minimum absolute atomic E-state index is 0.00854. The summed E-state index contributed by atoms with van der Waals surface area (Å²) in [6.07, 6.45) is -2.23. The van der Waals surface area contributed by atoms with E-state index in [0.29, 0.717) is 0 Å². The van der Waals surface area contributed by atoms with Crippen molar-refractivity contribution in [2.45, 2.75) is 31.5 Å². The normalized spacial score (nSPS) is 15.1. The van der Waals surface area contributed by atoms with Crippen LogP contribution in [-0.4, -0.2) is 18.5 Å². The molecular weight excluding hydrogens is 257 g/mol. The van der Waals surface area contributed by atoms with Gasteiger partial charge in [0, 0.05) is 24.7 Å². The summed E-state index contributed by atoms with van der Waals surface area (Å²) in [5.41, 5.74) is -0.702. The zero-order valence-corrected chi connectivity index (χ0v) is 10.3. The monoisotopic (exact) mass is 272 g/mol. The van der Waals surface area contributed by atoms with E-state index < -0.39 is 11.7 Å². The Morgan fingerprint density at radius 1 is 1.26 bits per heavy atom. The number of carbonyl (C=O) groups is 1. The van der Waals surface area contributed by atoms with Crippen LogP contribution in [0.2, 0.25) is 0 Å². The smallest absolute Gasteiger partial charge is 0.384 e. The number of halogens is 3. The Bertz CT molecular complexity index is 455. The van der Waals surface area contributed by atoms with Crippen LogP contribution >= 0.6 is 0 Å². The summed E-state index contributed by atoms with van der Waals surface area (Å²) in [7, 11) is 0. The molecule has 1 saturated carbocycles. The van der Waals surface area contributed by atoms with Gasteiger partial charge in [-0.25, -0.2) is 0 Å². The van der Waals surface area contributed by atoms with E-state index in [1.165, 1.54) is 18.2 Å². The molecule has 0 heterocycles. The minimum atomic E-state index is -4.39. The number of alkyl halides is 3. The topological polar surface area (TPSA) is 41.1 Å². The highest BCUT2D eigenvalue weighted by molar-refractivity contribution is 5.77. The number of hydrogen-bond acceptors (Lipinski definition) is 2. The summed E-state index contributed by atoms with van der Waals surface area (Å²) in [6, 6.07) is 5.53. The standard InChI is InChI=1S/C13H15F3N2O/c14-13(15,16)10-3-1-2-4-11(10)17-8-7-12(19)18-9-5-6-9/h1-4,9,17H,5-8H2,(H,18,19). The van der Waals surface area contributed by atoms with Crippen molar-refractivity contribution in [2.24, 2.45) is 0 Å². The zero-order chi connectivity index (χ0) is 13.9. The first-order chi connectivity index (χ1) is 8.97. The fraction of sp³-hybridized carbons (Fsp3) is 0.462. The van der Waals surface area contributed by atoms with Gasteiger partial charge in [-0.05, 0) is 25.0 Å². The van der Waals surface area contributed by atoms with Gasteiger partial charge in [-0.1, -0.05) is 12.1 Å². The van der Waals surface area contributed by atoms with Crippen LogP contribution in [-0.2, 0) is 11.0 Å². The summed E-state index contributed by atoms with van der Waals surface area (Å²) in [4.78, 5) is 11.4. The number of amides is 1. The maximum Gasteiger partial charge on any atom is 0.418 e. The Morgan fingerprint density at radius 3 is 2.58 bits per heavy atom. The predicted octanol–water partition coefficient (Wildman–Crippen LogP) is 2.79. The molecular formula is C13H15F3N2O. The number of benzene rings is 1. The highest BCUT2D eigenvalue weighted by atomic mass is 19.4. The van der Waals surface area contributed by atoms with Crippen molar-refractivity contribution >= 4 is 11.6 Å². The third-order valence-corrected chi connectivity index (χ3v) is 2.84. The summed E-state index contributed by atoms with van der Waals surface area (Å²) < 4.78 is 38.1. The number of carbonyl (C=O) groups excluding carboxylic acids is 1. The Hall–Kier alpha value is -1.72. The van der Waals surface area contributed by atoms with Crippen LogP contribution in [0.4, 0.5) is 18.9 Å². The van der Waals surface area contributed by atoms with Crippen molar-refractivity contribution < 1.29 is 18.0 Å². The Balaban J connectivity index is 1.86. The van der Waals surface area contributed by atoms with Gasteiger partial charge in [0.05, 0.1) is 5.56 Å². The lowest BCUT2D eigenvalue weighted by Gasteiger charge is -2.14. The lowest BCUT2D eigenvalue weighted by Crippen LogP contribution is -2.27. The molecule has 1 aliphatic carbocycles. The molecule has 2 rings (SSSR count). The first-order valence-corrected chi connectivity index (χ1v) is 6.16. The van der Waals surface area contributed by atoms with Crippen molar-refractivity contribution in [1.29, 1.82) is 0 Å². The second-order valence-corrected chi connectivity index (χ2v) is 4.56. The van der Waals surface area contributed by atoms with Gasteiger partial charge in [0.2, 0.25) is 5.91 Å². The van der Waals surface area contributed by atoms with Crippen LogP contribution in [0.3, 0.4) is 0 Å². The molecule has 2 N–H and O–H groups in total. The molecule has 6 heteroatoms. The van der Waals surface area contributed by atoms with Crippen molar-refractivity contribution in [1.82, 2.24) is 5.32 Å². The molecule has 3 nitrogen and oxygen atoms in total. The predicted molar refractivity (Wildman–Crippen MR) is 65.7 cm³/mol. The average Bonchev–Trinajstić information content (AvgIpc) is 3.12. The average molecular weight is 272 g/mol. The summed E-state index contributed by atoms with van der Waals surface area (Å²) in [5, 5.41) is 5.45. The third kappa shape index (κ3) is 4.15. The minimum Gasteiger partial charge on any atom is -0.384 e. The molecule has 19 heavy (non-hydrogen) atoms. The maximum absolute atomic E-state index is 12.7. The fourth-order valence-electron chi connectivity index (χ4n) is 1.72. The van der Waals surface area contributed by atoms with Crippen LogP contribution < -0.4 is 10.6 Å². The first kappa shape index (κ1) is 13.7. The number of rotatable bonds is 5. The Morgan fingerprint density at radius 2 is 1.95 bits per heavy atom. The van der Waals surface area contributed by atoms with Crippen molar-refractivity contribution in [3.05, 3.63) is 29.8 Å². The molecule has 0 spiro atoms. The quantitative estimate of drug-likeness (QED) is 0.865. The second kappa shape index (κ2) is 5.50. The van der Waals surface area contributed by atoms with Gasteiger partial charge in [-0.15, -0.1) is 0 Å². The number of nitrogens with one attached hydrogen (secondary N) is 2. The van der Waals surface area contributed by atoms with E-state index in [2.05, 4.69) is 10.6 Å².